The van der Waals surface area contributed by atoms with Crippen LogP contribution in [0.3, 0.4) is 0 Å². The fraction of sp³-hybridized carbons (Fsp3) is 0.667. The molecule has 164 valence electrons. The number of hydrogen-bond donors (Lipinski definition) is 1. The van der Waals surface area contributed by atoms with Crippen molar-refractivity contribution in [3.05, 3.63) is 29.6 Å². The molecule has 1 N–H and O–H groups in total. The lowest BCUT2D eigenvalue weighted by Crippen LogP contribution is -2.57. The zero-order valence-electron chi connectivity index (χ0n) is 18.3. The predicted octanol–water partition coefficient (Wildman–Crippen LogP) is 4.13. The highest BCUT2D eigenvalue weighted by Crippen LogP contribution is 2.66. The van der Waals surface area contributed by atoms with Crippen LogP contribution in [0.5, 0.6) is 5.75 Å². The van der Waals surface area contributed by atoms with Gasteiger partial charge in [-0.15, -0.1) is 0 Å². The van der Waals surface area contributed by atoms with E-state index < -0.39 is 5.41 Å². The highest BCUT2D eigenvalue weighted by Gasteiger charge is 2.62. The highest BCUT2D eigenvalue weighted by atomic mass is 19.1. The summed E-state index contributed by atoms with van der Waals surface area (Å²) in [5, 5.41) is 2.82. The summed E-state index contributed by atoms with van der Waals surface area (Å²) in [5.74, 6) is 0.437. The number of hydrogen-bond acceptors (Lipinski definition) is 4. The minimum absolute atomic E-state index is 0.260. The molecule has 5 rings (SSSR count). The van der Waals surface area contributed by atoms with Crippen molar-refractivity contribution in [1.82, 2.24) is 5.32 Å². The van der Waals surface area contributed by atoms with E-state index in [2.05, 4.69) is 5.32 Å². The van der Waals surface area contributed by atoms with Gasteiger partial charge in [0, 0.05) is 11.6 Å². The lowest BCUT2D eigenvalue weighted by molar-refractivity contribution is -0.175. The van der Waals surface area contributed by atoms with E-state index in [4.69, 9.17) is 9.47 Å². The molecule has 0 spiro atoms. The molecule has 1 amide bonds. The Kier molecular flexibility index (Phi) is 5.10. The SMILES string of the molecule is COc1ccc(C23C[C@@H]4C[C@@H](CC(C(=O)OCC(=O)NC(C)(C)C)(C4)C2)C3)c(F)c1. The first-order valence-electron chi connectivity index (χ1n) is 10.9. The molecule has 1 aromatic carbocycles. The number of methoxy groups -OCH3 is 1. The molecule has 6 heteroatoms. The van der Waals surface area contributed by atoms with Gasteiger partial charge >= 0.3 is 5.97 Å². The summed E-state index contributed by atoms with van der Waals surface area (Å²) >= 11 is 0. The summed E-state index contributed by atoms with van der Waals surface area (Å²) in [7, 11) is 1.53. The van der Waals surface area contributed by atoms with Gasteiger partial charge in [-0.1, -0.05) is 6.07 Å². The van der Waals surface area contributed by atoms with Crippen LogP contribution in [0, 0.1) is 23.1 Å². The predicted molar refractivity (Wildman–Crippen MR) is 111 cm³/mol. The third-order valence-electron chi connectivity index (χ3n) is 7.09. The summed E-state index contributed by atoms with van der Waals surface area (Å²) < 4.78 is 25.7. The van der Waals surface area contributed by atoms with E-state index in [9.17, 15) is 9.59 Å². The third-order valence-corrected chi connectivity index (χ3v) is 7.09. The molecule has 4 atom stereocenters. The van der Waals surface area contributed by atoms with E-state index in [1.165, 1.54) is 13.2 Å². The number of carbonyl (C=O) groups excluding carboxylic acids is 2. The average Bonchev–Trinajstić information content (AvgIpc) is 2.63. The van der Waals surface area contributed by atoms with Crippen molar-refractivity contribution < 1.29 is 23.5 Å². The summed E-state index contributed by atoms with van der Waals surface area (Å²) in [6.45, 7) is 5.40. The molecule has 4 aliphatic rings. The van der Waals surface area contributed by atoms with E-state index in [0.29, 0.717) is 29.6 Å². The standard InChI is InChI=1S/C24H32FNO4/c1-22(2,3)26-20(27)13-30-21(28)24-11-15-7-16(12-24)10-23(9-15,14-24)18-6-5-17(29-4)8-19(18)25/h5-6,8,15-16H,7,9-14H2,1-4H3,(H,26,27)/t15-,16+,23?,24?. The van der Waals surface area contributed by atoms with Gasteiger partial charge in [-0.25, -0.2) is 4.39 Å². The Hall–Kier alpha value is -2.11. The first-order chi connectivity index (χ1) is 14.0. The van der Waals surface area contributed by atoms with Crippen LogP contribution in [-0.4, -0.2) is 31.1 Å². The smallest absolute Gasteiger partial charge is 0.312 e. The van der Waals surface area contributed by atoms with Gasteiger partial charge in [0.25, 0.3) is 5.91 Å². The number of rotatable bonds is 5. The van der Waals surface area contributed by atoms with E-state index in [1.807, 2.05) is 26.8 Å². The van der Waals surface area contributed by atoms with Crippen molar-refractivity contribution >= 4 is 11.9 Å². The minimum Gasteiger partial charge on any atom is -0.497 e. The van der Waals surface area contributed by atoms with E-state index in [1.54, 1.807) is 6.07 Å². The van der Waals surface area contributed by atoms with Gasteiger partial charge in [-0.05, 0) is 88.2 Å². The Balaban J connectivity index is 1.55. The van der Waals surface area contributed by atoms with Gasteiger partial charge in [0.05, 0.1) is 12.5 Å². The molecular formula is C24H32FNO4. The Bertz CT molecular complexity index is 845. The first-order valence-corrected chi connectivity index (χ1v) is 10.9. The molecule has 4 fully saturated rings. The van der Waals surface area contributed by atoms with Crippen LogP contribution >= 0.6 is 0 Å². The fourth-order valence-electron chi connectivity index (χ4n) is 6.61. The van der Waals surface area contributed by atoms with Crippen LogP contribution in [-0.2, 0) is 19.7 Å². The van der Waals surface area contributed by atoms with Crippen LogP contribution in [0.1, 0.15) is 64.9 Å². The Morgan fingerprint density at radius 1 is 1.17 bits per heavy atom. The summed E-state index contributed by atoms with van der Waals surface area (Å²) in [6.07, 6.45) is 5.07. The second-order valence-corrected chi connectivity index (χ2v) is 10.7. The Labute approximate surface area is 177 Å². The Morgan fingerprint density at radius 2 is 1.83 bits per heavy atom. The van der Waals surface area contributed by atoms with Gasteiger partial charge in [0.15, 0.2) is 6.61 Å². The highest BCUT2D eigenvalue weighted by molar-refractivity contribution is 5.83. The monoisotopic (exact) mass is 417 g/mol. The van der Waals surface area contributed by atoms with Crippen molar-refractivity contribution in [3.63, 3.8) is 0 Å². The normalized spacial score (nSPS) is 32.0. The van der Waals surface area contributed by atoms with E-state index in [-0.39, 0.29) is 35.3 Å². The van der Waals surface area contributed by atoms with Crippen molar-refractivity contribution in [2.24, 2.45) is 17.3 Å². The maximum atomic E-state index is 15.0. The van der Waals surface area contributed by atoms with Crippen LogP contribution < -0.4 is 10.1 Å². The summed E-state index contributed by atoms with van der Waals surface area (Å²) in [6, 6.07) is 5.08. The molecule has 0 aliphatic heterocycles. The number of ether oxygens (including phenoxy) is 2. The van der Waals surface area contributed by atoms with Gasteiger partial charge < -0.3 is 14.8 Å². The van der Waals surface area contributed by atoms with Crippen molar-refractivity contribution in [3.8, 4) is 5.75 Å². The third kappa shape index (κ3) is 3.81. The van der Waals surface area contributed by atoms with Crippen LogP contribution in [0.15, 0.2) is 18.2 Å². The molecule has 4 bridgehead atoms. The maximum absolute atomic E-state index is 15.0. The number of amides is 1. The quantitative estimate of drug-likeness (QED) is 0.732. The van der Waals surface area contributed by atoms with Gasteiger partial charge in [0.2, 0.25) is 0 Å². The van der Waals surface area contributed by atoms with Crippen molar-refractivity contribution in [2.75, 3.05) is 13.7 Å². The number of carbonyl (C=O) groups is 2. The van der Waals surface area contributed by atoms with Gasteiger partial charge in [0.1, 0.15) is 11.6 Å². The second kappa shape index (κ2) is 7.24. The molecule has 4 saturated carbocycles. The zero-order valence-corrected chi connectivity index (χ0v) is 18.3. The van der Waals surface area contributed by atoms with Gasteiger partial charge in [-0.3, -0.25) is 9.59 Å². The van der Waals surface area contributed by atoms with E-state index in [0.717, 1.165) is 32.1 Å². The number of halogens is 1. The fourth-order valence-corrected chi connectivity index (χ4v) is 6.61. The molecule has 1 aromatic rings. The molecule has 4 aliphatic carbocycles. The van der Waals surface area contributed by atoms with Crippen molar-refractivity contribution in [1.29, 1.82) is 0 Å². The van der Waals surface area contributed by atoms with Crippen LogP contribution in [0.2, 0.25) is 0 Å². The average molecular weight is 418 g/mol. The second-order valence-electron chi connectivity index (χ2n) is 10.7. The molecule has 30 heavy (non-hydrogen) atoms. The number of esters is 1. The number of benzene rings is 1. The lowest BCUT2D eigenvalue weighted by atomic mass is 9.43. The molecule has 0 heterocycles. The molecular weight excluding hydrogens is 385 g/mol. The topological polar surface area (TPSA) is 64.6 Å². The zero-order chi connectivity index (χ0) is 21.7. The first kappa shape index (κ1) is 21.1. The molecule has 5 nitrogen and oxygen atoms in total. The Morgan fingerprint density at radius 3 is 2.40 bits per heavy atom. The van der Waals surface area contributed by atoms with E-state index >= 15 is 4.39 Å². The lowest BCUT2D eigenvalue weighted by Gasteiger charge is -2.61. The van der Waals surface area contributed by atoms with Crippen LogP contribution in [0.4, 0.5) is 4.39 Å². The van der Waals surface area contributed by atoms with Gasteiger partial charge in [-0.2, -0.15) is 0 Å². The molecule has 0 radical (unpaired) electrons. The summed E-state index contributed by atoms with van der Waals surface area (Å²) in [5.41, 5.74) is -0.633. The summed E-state index contributed by atoms with van der Waals surface area (Å²) in [4.78, 5) is 25.3. The largest absolute Gasteiger partial charge is 0.497 e. The number of nitrogens with one attached hydrogen (secondary N) is 1. The molecule has 2 unspecified atom stereocenters. The van der Waals surface area contributed by atoms with Crippen molar-refractivity contribution in [2.45, 2.75) is 70.3 Å². The van der Waals surface area contributed by atoms with Crippen LogP contribution in [0.25, 0.3) is 0 Å². The minimum atomic E-state index is -0.613. The maximum Gasteiger partial charge on any atom is 0.312 e. The molecule has 0 saturated heterocycles. The molecule has 0 aromatic heterocycles.